The standard InChI is InChI=1S/C13H21N3O3/c1-3-15(4-2)9-7-14-13(19)11-6-5-8-16(11)10-12(17)18/h5-6,8H,3-4,7,9-10H2,1-2H3,(H,14,19)(H,17,18). The maximum Gasteiger partial charge on any atom is 0.323 e. The number of carbonyl (C=O) groups excluding carboxylic acids is 1. The average Bonchev–Trinajstić information content (AvgIpc) is 2.81. The third kappa shape index (κ3) is 4.75. The number of likely N-dealkylation sites (N-methyl/N-ethyl adjacent to an activating group) is 1. The number of carboxylic acid groups (broad SMARTS) is 1. The van der Waals surface area contributed by atoms with E-state index in [1.165, 1.54) is 4.57 Å². The van der Waals surface area contributed by atoms with Crippen LogP contribution < -0.4 is 5.32 Å². The summed E-state index contributed by atoms with van der Waals surface area (Å²) in [4.78, 5) is 24.8. The summed E-state index contributed by atoms with van der Waals surface area (Å²) < 4.78 is 1.43. The van der Waals surface area contributed by atoms with Crippen molar-refractivity contribution < 1.29 is 14.7 Å². The first-order valence-electron chi connectivity index (χ1n) is 6.46. The van der Waals surface area contributed by atoms with Crippen molar-refractivity contribution in [3.8, 4) is 0 Å². The van der Waals surface area contributed by atoms with Crippen molar-refractivity contribution >= 4 is 11.9 Å². The first kappa shape index (κ1) is 15.2. The van der Waals surface area contributed by atoms with Crippen LogP contribution in [0.1, 0.15) is 24.3 Å². The monoisotopic (exact) mass is 267 g/mol. The summed E-state index contributed by atoms with van der Waals surface area (Å²) in [5, 5.41) is 11.5. The largest absolute Gasteiger partial charge is 0.480 e. The molecule has 0 saturated heterocycles. The molecule has 2 N–H and O–H groups in total. The Balaban J connectivity index is 2.49. The number of nitrogens with one attached hydrogen (secondary N) is 1. The molecule has 1 rings (SSSR count). The number of carbonyl (C=O) groups is 2. The molecular weight excluding hydrogens is 246 g/mol. The van der Waals surface area contributed by atoms with Crippen molar-refractivity contribution in [3.05, 3.63) is 24.0 Å². The van der Waals surface area contributed by atoms with E-state index >= 15 is 0 Å². The summed E-state index contributed by atoms with van der Waals surface area (Å²) >= 11 is 0. The van der Waals surface area contributed by atoms with Gasteiger partial charge >= 0.3 is 5.97 Å². The zero-order chi connectivity index (χ0) is 14.3. The Kier molecular flexibility index (Phi) is 6.08. The number of carboxylic acids is 1. The fourth-order valence-corrected chi connectivity index (χ4v) is 1.86. The van der Waals surface area contributed by atoms with E-state index in [1.807, 2.05) is 0 Å². The van der Waals surface area contributed by atoms with Crippen LogP contribution in [0.3, 0.4) is 0 Å². The van der Waals surface area contributed by atoms with E-state index in [2.05, 4.69) is 24.1 Å². The maximum absolute atomic E-state index is 11.9. The van der Waals surface area contributed by atoms with Gasteiger partial charge in [0.2, 0.25) is 0 Å². The highest BCUT2D eigenvalue weighted by atomic mass is 16.4. The highest BCUT2D eigenvalue weighted by molar-refractivity contribution is 5.93. The molecule has 6 heteroatoms. The lowest BCUT2D eigenvalue weighted by molar-refractivity contribution is -0.137. The highest BCUT2D eigenvalue weighted by Gasteiger charge is 2.12. The van der Waals surface area contributed by atoms with Gasteiger partial charge in [-0.1, -0.05) is 13.8 Å². The van der Waals surface area contributed by atoms with Crippen molar-refractivity contribution in [1.82, 2.24) is 14.8 Å². The van der Waals surface area contributed by atoms with Gasteiger partial charge in [0.1, 0.15) is 12.2 Å². The van der Waals surface area contributed by atoms with Gasteiger partial charge in [-0.3, -0.25) is 9.59 Å². The molecule has 0 bridgehead atoms. The summed E-state index contributed by atoms with van der Waals surface area (Å²) in [5.74, 6) is -1.20. The number of hydrogen-bond donors (Lipinski definition) is 2. The molecular formula is C13H21N3O3. The maximum atomic E-state index is 11.9. The van der Waals surface area contributed by atoms with Crippen molar-refractivity contribution in [3.63, 3.8) is 0 Å². The minimum Gasteiger partial charge on any atom is -0.480 e. The van der Waals surface area contributed by atoms with E-state index in [-0.39, 0.29) is 12.5 Å². The fraction of sp³-hybridized carbons (Fsp3) is 0.538. The van der Waals surface area contributed by atoms with E-state index in [1.54, 1.807) is 18.3 Å². The second kappa shape index (κ2) is 7.58. The van der Waals surface area contributed by atoms with Gasteiger partial charge in [-0.2, -0.15) is 0 Å². The van der Waals surface area contributed by atoms with Gasteiger partial charge in [0, 0.05) is 19.3 Å². The van der Waals surface area contributed by atoms with Gasteiger partial charge in [-0.25, -0.2) is 0 Å². The van der Waals surface area contributed by atoms with Gasteiger partial charge in [0.25, 0.3) is 5.91 Å². The number of aromatic nitrogens is 1. The minimum absolute atomic E-state index is 0.203. The molecule has 0 radical (unpaired) electrons. The van der Waals surface area contributed by atoms with Crippen LogP contribution in [-0.4, -0.2) is 52.6 Å². The molecule has 1 aromatic rings. The molecule has 19 heavy (non-hydrogen) atoms. The fourth-order valence-electron chi connectivity index (χ4n) is 1.86. The molecule has 1 aromatic heterocycles. The second-order valence-corrected chi connectivity index (χ2v) is 4.20. The molecule has 0 aliphatic heterocycles. The predicted octanol–water partition coefficient (Wildman–Crippen LogP) is 0.644. The van der Waals surface area contributed by atoms with Crippen LogP contribution in [0.5, 0.6) is 0 Å². The van der Waals surface area contributed by atoms with Crippen molar-refractivity contribution in [2.24, 2.45) is 0 Å². The van der Waals surface area contributed by atoms with E-state index in [0.29, 0.717) is 12.2 Å². The van der Waals surface area contributed by atoms with Gasteiger partial charge in [0.05, 0.1) is 0 Å². The first-order chi connectivity index (χ1) is 9.08. The third-order valence-corrected chi connectivity index (χ3v) is 2.98. The number of nitrogens with zero attached hydrogens (tertiary/aromatic N) is 2. The van der Waals surface area contributed by atoms with Crippen LogP contribution in [0, 0.1) is 0 Å². The van der Waals surface area contributed by atoms with E-state index in [0.717, 1.165) is 19.6 Å². The Morgan fingerprint density at radius 3 is 2.63 bits per heavy atom. The molecule has 1 heterocycles. The molecule has 0 fully saturated rings. The van der Waals surface area contributed by atoms with Crippen molar-refractivity contribution in [2.45, 2.75) is 20.4 Å². The van der Waals surface area contributed by atoms with Crippen LogP contribution in [-0.2, 0) is 11.3 Å². The Morgan fingerprint density at radius 1 is 1.37 bits per heavy atom. The van der Waals surface area contributed by atoms with Crippen LogP contribution in [0.4, 0.5) is 0 Å². The van der Waals surface area contributed by atoms with Gasteiger partial charge in [0.15, 0.2) is 0 Å². The number of amides is 1. The summed E-state index contributed by atoms with van der Waals surface area (Å²) in [6.07, 6.45) is 1.59. The zero-order valence-corrected chi connectivity index (χ0v) is 11.4. The third-order valence-electron chi connectivity index (χ3n) is 2.98. The Morgan fingerprint density at radius 2 is 2.05 bits per heavy atom. The molecule has 1 amide bonds. The second-order valence-electron chi connectivity index (χ2n) is 4.20. The summed E-state index contributed by atoms with van der Waals surface area (Å²) in [5.41, 5.74) is 0.377. The Labute approximate surface area is 113 Å². The molecule has 0 aliphatic rings. The molecule has 0 spiro atoms. The van der Waals surface area contributed by atoms with Gasteiger partial charge < -0.3 is 19.9 Å². The highest BCUT2D eigenvalue weighted by Crippen LogP contribution is 2.02. The number of rotatable bonds is 8. The zero-order valence-electron chi connectivity index (χ0n) is 11.4. The first-order valence-corrected chi connectivity index (χ1v) is 6.46. The molecule has 6 nitrogen and oxygen atoms in total. The molecule has 0 saturated carbocycles. The summed E-state index contributed by atoms with van der Waals surface area (Å²) in [7, 11) is 0. The predicted molar refractivity (Wildman–Crippen MR) is 72.2 cm³/mol. The van der Waals surface area contributed by atoms with Crippen LogP contribution >= 0.6 is 0 Å². The molecule has 0 unspecified atom stereocenters. The lowest BCUT2D eigenvalue weighted by atomic mass is 10.4. The van der Waals surface area contributed by atoms with Gasteiger partial charge in [-0.15, -0.1) is 0 Å². The van der Waals surface area contributed by atoms with Crippen molar-refractivity contribution in [1.29, 1.82) is 0 Å². The summed E-state index contributed by atoms with van der Waals surface area (Å²) in [6, 6.07) is 3.29. The van der Waals surface area contributed by atoms with E-state index < -0.39 is 5.97 Å². The smallest absolute Gasteiger partial charge is 0.323 e. The Hall–Kier alpha value is -1.82. The lowest BCUT2D eigenvalue weighted by Gasteiger charge is -2.18. The average molecular weight is 267 g/mol. The number of aliphatic carboxylic acids is 1. The topological polar surface area (TPSA) is 74.6 Å². The normalized spacial score (nSPS) is 10.7. The number of hydrogen-bond acceptors (Lipinski definition) is 3. The molecule has 0 aliphatic carbocycles. The SMILES string of the molecule is CCN(CC)CCNC(=O)c1cccn1CC(=O)O. The van der Waals surface area contributed by atoms with Crippen LogP contribution in [0.25, 0.3) is 0 Å². The van der Waals surface area contributed by atoms with Crippen LogP contribution in [0.15, 0.2) is 18.3 Å². The molecule has 106 valence electrons. The van der Waals surface area contributed by atoms with Crippen LogP contribution in [0.2, 0.25) is 0 Å². The summed E-state index contributed by atoms with van der Waals surface area (Å²) in [6.45, 7) is 7.18. The minimum atomic E-state index is -0.964. The molecule has 0 aromatic carbocycles. The van der Waals surface area contributed by atoms with Crippen molar-refractivity contribution in [2.75, 3.05) is 26.2 Å². The van der Waals surface area contributed by atoms with E-state index in [9.17, 15) is 9.59 Å². The van der Waals surface area contributed by atoms with E-state index in [4.69, 9.17) is 5.11 Å². The Bertz CT molecular complexity index is 425. The lowest BCUT2D eigenvalue weighted by Crippen LogP contribution is -2.35. The molecule has 0 atom stereocenters. The van der Waals surface area contributed by atoms with Gasteiger partial charge in [-0.05, 0) is 25.2 Å². The quantitative estimate of drug-likeness (QED) is 0.725.